The molecule has 0 atom stereocenters. The number of pyridine rings is 2. The van der Waals surface area contributed by atoms with Gasteiger partial charge >= 0.3 is 0 Å². The van der Waals surface area contributed by atoms with E-state index < -0.39 is 23.4 Å². The maximum Gasteiger partial charge on any atom is 0.259 e. The molecule has 182 valence electrons. The Bertz CT molecular complexity index is 1560. The number of hydrogen-bond donors (Lipinski definition) is 3. The average Bonchev–Trinajstić information content (AvgIpc) is 3.33. The number of carbonyl (C=O) groups excluding carboxylic acids is 1. The molecule has 0 radical (unpaired) electrons. The van der Waals surface area contributed by atoms with Crippen LogP contribution in [0.25, 0.3) is 11.0 Å². The van der Waals surface area contributed by atoms with Crippen molar-refractivity contribution in [2.75, 3.05) is 10.6 Å². The third kappa shape index (κ3) is 5.08. The largest absolute Gasteiger partial charge is 0.453 e. The minimum Gasteiger partial charge on any atom is -0.453 e. The fraction of sp³-hybridized carbons (Fsp3) is 0. The highest BCUT2D eigenvalue weighted by atomic mass is 35.5. The number of rotatable bonds is 6. The van der Waals surface area contributed by atoms with Gasteiger partial charge in [0.2, 0.25) is 0 Å². The quantitative estimate of drug-likeness (QED) is 0.239. The topological polar surface area (TPSA) is 91.9 Å². The van der Waals surface area contributed by atoms with Gasteiger partial charge in [-0.15, -0.1) is 12.4 Å². The predicted molar refractivity (Wildman–Crippen MR) is 132 cm³/mol. The fourth-order valence-electron chi connectivity index (χ4n) is 3.41. The summed E-state index contributed by atoms with van der Waals surface area (Å²) in [6, 6.07) is 13.4. The Labute approximate surface area is 208 Å². The highest BCUT2D eigenvalue weighted by Gasteiger charge is 2.16. The Kier molecular flexibility index (Phi) is 7.07. The second-order valence-electron chi connectivity index (χ2n) is 7.40. The molecule has 0 spiro atoms. The SMILES string of the molecule is Cl.O=C(Nc1ccc(F)cc1F)c1cccnc1Nc1ccc(Oc2ccnc3[nH]ccc23)c(F)c1. The Balaban J connectivity index is 0.00000304. The minimum absolute atomic E-state index is 0. The zero-order valence-electron chi connectivity index (χ0n) is 18.3. The maximum absolute atomic E-state index is 14.8. The summed E-state index contributed by atoms with van der Waals surface area (Å²) in [5, 5.41) is 5.97. The first-order chi connectivity index (χ1) is 17.0. The molecule has 3 N–H and O–H groups in total. The van der Waals surface area contributed by atoms with Crippen molar-refractivity contribution in [3.05, 3.63) is 102 Å². The summed E-state index contributed by atoms with van der Waals surface area (Å²) in [4.78, 5) is 24.0. The molecule has 0 saturated carbocycles. The lowest BCUT2D eigenvalue weighted by Gasteiger charge is -2.13. The first kappa shape index (κ1) is 24.6. The number of H-pyrrole nitrogens is 1. The van der Waals surface area contributed by atoms with Crippen LogP contribution in [0.2, 0.25) is 0 Å². The Morgan fingerprint density at radius 1 is 0.889 bits per heavy atom. The number of aromatic amines is 1. The van der Waals surface area contributed by atoms with Gasteiger partial charge in [0.05, 0.1) is 16.6 Å². The van der Waals surface area contributed by atoms with Crippen molar-refractivity contribution in [2.24, 2.45) is 0 Å². The second-order valence-corrected chi connectivity index (χ2v) is 7.40. The summed E-state index contributed by atoms with van der Waals surface area (Å²) >= 11 is 0. The van der Waals surface area contributed by atoms with E-state index in [4.69, 9.17) is 4.74 Å². The third-order valence-electron chi connectivity index (χ3n) is 5.07. The van der Waals surface area contributed by atoms with Gasteiger partial charge in [-0.2, -0.15) is 0 Å². The van der Waals surface area contributed by atoms with Crippen LogP contribution in [0.5, 0.6) is 11.5 Å². The molecule has 11 heteroatoms. The second kappa shape index (κ2) is 10.4. The van der Waals surface area contributed by atoms with Crippen LogP contribution >= 0.6 is 12.4 Å². The number of nitrogens with one attached hydrogen (secondary N) is 3. The Hall–Kier alpha value is -4.57. The van der Waals surface area contributed by atoms with Crippen molar-refractivity contribution >= 4 is 46.5 Å². The number of aromatic nitrogens is 3. The fourth-order valence-corrected chi connectivity index (χ4v) is 3.41. The lowest BCUT2D eigenvalue weighted by Crippen LogP contribution is -2.15. The number of halogens is 4. The van der Waals surface area contributed by atoms with Gasteiger partial charge in [0.25, 0.3) is 5.91 Å². The standard InChI is InChI=1S/C25H16F3N5O2.ClH/c26-14-3-5-20(18(27)12-14)33-25(34)17-2-1-9-29-24(17)32-15-4-6-22(19(28)13-15)35-21-8-11-31-23-16(21)7-10-30-23;/h1-13H,(H,29,32)(H,30,31)(H,33,34);1H. The minimum atomic E-state index is -0.916. The molecule has 1 amide bonds. The summed E-state index contributed by atoms with van der Waals surface area (Å²) in [6.45, 7) is 0. The van der Waals surface area contributed by atoms with E-state index in [1.807, 2.05) is 0 Å². The van der Waals surface area contributed by atoms with E-state index in [0.717, 1.165) is 12.1 Å². The monoisotopic (exact) mass is 511 g/mol. The molecule has 0 bridgehead atoms. The van der Waals surface area contributed by atoms with Gasteiger partial charge in [0.15, 0.2) is 11.6 Å². The van der Waals surface area contributed by atoms with E-state index in [9.17, 15) is 18.0 Å². The molecule has 5 aromatic rings. The van der Waals surface area contributed by atoms with E-state index in [1.165, 1.54) is 30.5 Å². The van der Waals surface area contributed by atoms with Crippen LogP contribution in [-0.2, 0) is 0 Å². The molecule has 3 heterocycles. The van der Waals surface area contributed by atoms with Crippen molar-refractivity contribution in [1.29, 1.82) is 0 Å². The van der Waals surface area contributed by atoms with E-state index in [0.29, 0.717) is 28.5 Å². The van der Waals surface area contributed by atoms with Crippen LogP contribution in [0.3, 0.4) is 0 Å². The van der Waals surface area contributed by atoms with E-state index in [1.54, 1.807) is 30.6 Å². The zero-order chi connectivity index (χ0) is 24.4. The lowest BCUT2D eigenvalue weighted by atomic mass is 10.2. The van der Waals surface area contributed by atoms with Gasteiger partial charge in [-0.1, -0.05) is 0 Å². The van der Waals surface area contributed by atoms with Crippen LogP contribution < -0.4 is 15.4 Å². The van der Waals surface area contributed by atoms with Gasteiger partial charge in [-0.3, -0.25) is 4.79 Å². The smallest absolute Gasteiger partial charge is 0.259 e. The summed E-state index contributed by atoms with van der Waals surface area (Å²) < 4.78 is 47.6. The highest BCUT2D eigenvalue weighted by molar-refractivity contribution is 6.07. The number of hydrogen-bond acceptors (Lipinski definition) is 5. The molecule has 36 heavy (non-hydrogen) atoms. The number of nitrogens with zero attached hydrogens (tertiary/aromatic N) is 2. The molecule has 0 unspecified atom stereocenters. The van der Waals surface area contributed by atoms with Gasteiger partial charge < -0.3 is 20.4 Å². The molecule has 7 nitrogen and oxygen atoms in total. The zero-order valence-corrected chi connectivity index (χ0v) is 19.1. The summed E-state index contributed by atoms with van der Waals surface area (Å²) in [7, 11) is 0. The normalized spacial score (nSPS) is 10.5. The van der Waals surface area contributed by atoms with Crippen molar-refractivity contribution in [3.63, 3.8) is 0 Å². The number of anilines is 3. The van der Waals surface area contributed by atoms with Crippen LogP contribution in [0.4, 0.5) is 30.4 Å². The molecule has 3 aromatic heterocycles. The van der Waals surface area contributed by atoms with E-state index in [-0.39, 0.29) is 35.2 Å². The number of carbonyl (C=O) groups is 1. The van der Waals surface area contributed by atoms with Crippen LogP contribution in [0, 0.1) is 17.5 Å². The highest BCUT2D eigenvalue weighted by Crippen LogP contribution is 2.32. The van der Waals surface area contributed by atoms with Gasteiger partial charge in [-0.05, 0) is 48.5 Å². The van der Waals surface area contributed by atoms with Crippen molar-refractivity contribution < 1.29 is 22.7 Å². The lowest BCUT2D eigenvalue weighted by molar-refractivity contribution is 0.102. The molecular formula is C25H17ClF3N5O2. The van der Waals surface area contributed by atoms with E-state index >= 15 is 0 Å². The predicted octanol–water partition coefficient (Wildman–Crippen LogP) is 6.59. The van der Waals surface area contributed by atoms with Gasteiger partial charge in [-0.25, -0.2) is 23.1 Å². The molecule has 0 fully saturated rings. The third-order valence-corrected chi connectivity index (χ3v) is 5.07. The summed E-state index contributed by atoms with van der Waals surface area (Å²) in [5.74, 6) is -2.46. The summed E-state index contributed by atoms with van der Waals surface area (Å²) in [6.07, 6.45) is 4.70. The number of amides is 1. The Morgan fingerprint density at radius 3 is 2.56 bits per heavy atom. The number of benzene rings is 2. The molecule has 2 aromatic carbocycles. The van der Waals surface area contributed by atoms with Crippen molar-refractivity contribution in [3.8, 4) is 11.5 Å². The molecule has 5 rings (SSSR count). The Morgan fingerprint density at radius 2 is 1.75 bits per heavy atom. The van der Waals surface area contributed by atoms with E-state index in [2.05, 4.69) is 25.6 Å². The molecular weight excluding hydrogens is 495 g/mol. The number of fused-ring (bicyclic) bond motifs is 1. The van der Waals surface area contributed by atoms with Crippen LogP contribution in [0.15, 0.2) is 79.3 Å². The molecule has 0 saturated heterocycles. The first-order valence-electron chi connectivity index (χ1n) is 10.4. The molecule has 0 aliphatic heterocycles. The maximum atomic E-state index is 14.8. The van der Waals surface area contributed by atoms with Crippen molar-refractivity contribution in [1.82, 2.24) is 15.0 Å². The van der Waals surface area contributed by atoms with Gasteiger partial charge in [0, 0.05) is 36.4 Å². The molecule has 0 aliphatic rings. The summed E-state index contributed by atoms with van der Waals surface area (Å²) in [5.41, 5.74) is 0.801. The first-order valence-corrected chi connectivity index (χ1v) is 10.4. The van der Waals surface area contributed by atoms with Gasteiger partial charge in [0.1, 0.15) is 28.8 Å². The number of ether oxygens (including phenoxy) is 1. The van der Waals surface area contributed by atoms with Crippen LogP contribution in [-0.4, -0.2) is 20.9 Å². The van der Waals surface area contributed by atoms with Crippen LogP contribution in [0.1, 0.15) is 10.4 Å². The molecule has 0 aliphatic carbocycles. The average molecular weight is 512 g/mol. The van der Waals surface area contributed by atoms with Crippen molar-refractivity contribution in [2.45, 2.75) is 0 Å².